The number of nitrogens with one attached hydrogen (secondary N) is 2. The minimum absolute atomic E-state index is 0.00268. The fourth-order valence-corrected chi connectivity index (χ4v) is 3.51. The number of hydrogen-bond acceptors (Lipinski definition) is 3. The number of rotatable bonds is 1. The monoisotopic (exact) mass is 321 g/mol. The molecule has 3 rings (SSSR count). The Morgan fingerprint density at radius 2 is 2.05 bits per heavy atom. The maximum atomic E-state index is 12.7. The Kier molecular flexibility index (Phi) is 2.91. The van der Waals surface area contributed by atoms with Crippen molar-refractivity contribution in [2.75, 3.05) is 5.32 Å². The van der Waals surface area contributed by atoms with Gasteiger partial charge >= 0.3 is 0 Å². The molecule has 0 radical (unpaired) electrons. The van der Waals surface area contributed by atoms with Gasteiger partial charge in [-0.05, 0) is 18.2 Å². The largest absolute Gasteiger partial charge is 0.324 e. The molecule has 0 unspecified atom stereocenters. The maximum Gasteiger partial charge on any atom is 0.266 e. The van der Waals surface area contributed by atoms with Crippen LogP contribution < -0.4 is 10.0 Å². The number of halogens is 3. The van der Waals surface area contributed by atoms with E-state index in [-0.39, 0.29) is 28.7 Å². The molecule has 9 heteroatoms. The molecule has 1 aromatic carbocycles. The molecular formula is C11H10ClF2N3O2S. The van der Waals surface area contributed by atoms with Crippen molar-refractivity contribution >= 4 is 33.3 Å². The minimum Gasteiger partial charge on any atom is -0.324 e. The lowest BCUT2D eigenvalue weighted by Crippen LogP contribution is -2.45. The number of sulfonamides is 1. The van der Waals surface area contributed by atoms with Crippen molar-refractivity contribution in [1.29, 1.82) is 0 Å². The third-order valence-electron chi connectivity index (χ3n) is 3.10. The molecule has 20 heavy (non-hydrogen) atoms. The zero-order chi connectivity index (χ0) is 14.5. The summed E-state index contributed by atoms with van der Waals surface area (Å²) in [4.78, 5) is 3.96. The second-order valence-corrected chi connectivity index (χ2v) is 6.85. The minimum atomic E-state index is -3.79. The summed E-state index contributed by atoms with van der Waals surface area (Å²) in [6.45, 7) is 0. The number of guanidine groups is 1. The van der Waals surface area contributed by atoms with Crippen LogP contribution in [0.3, 0.4) is 0 Å². The van der Waals surface area contributed by atoms with E-state index in [9.17, 15) is 17.2 Å². The summed E-state index contributed by atoms with van der Waals surface area (Å²) >= 11 is 5.75. The van der Waals surface area contributed by atoms with Gasteiger partial charge in [-0.3, -0.25) is 0 Å². The number of aliphatic imine (C=N–C) groups is 1. The van der Waals surface area contributed by atoms with Crippen LogP contribution in [-0.2, 0) is 10.0 Å². The molecule has 108 valence electrons. The SMILES string of the molecule is O=S1(=O)NC(=NC2CC(F)(F)C2)Nc2ccc(Cl)cc21. The summed E-state index contributed by atoms with van der Waals surface area (Å²) in [6.07, 6.45) is -0.735. The van der Waals surface area contributed by atoms with E-state index >= 15 is 0 Å². The van der Waals surface area contributed by atoms with Crippen molar-refractivity contribution in [3.8, 4) is 0 Å². The summed E-state index contributed by atoms with van der Waals surface area (Å²) in [7, 11) is -3.79. The molecule has 1 fully saturated rings. The van der Waals surface area contributed by atoms with Crippen LogP contribution in [0.1, 0.15) is 12.8 Å². The van der Waals surface area contributed by atoms with Crippen molar-refractivity contribution in [2.24, 2.45) is 4.99 Å². The van der Waals surface area contributed by atoms with Gasteiger partial charge in [-0.2, -0.15) is 0 Å². The van der Waals surface area contributed by atoms with Crippen molar-refractivity contribution in [3.05, 3.63) is 23.2 Å². The Morgan fingerprint density at radius 3 is 2.70 bits per heavy atom. The Balaban J connectivity index is 1.89. The van der Waals surface area contributed by atoms with Crippen LogP contribution in [0, 0.1) is 0 Å². The highest BCUT2D eigenvalue weighted by molar-refractivity contribution is 7.90. The Hall–Kier alpha value is -1.41. The second kappa shape index (κ2) is 4.29. The van der Waals surface area contributed by atoms with Gasteiger partial charge in [0.2, 0.25) is 5.96 Å². The summed E-state index contributed by atoms with van der Waals surface area (Å²) in [5.41, 5.74) is 0.318. The highest BCUT2D eigenvalue weighted by atomic mass is 35.5. The van der Waals surface area contributed by atoms with Crippen LogP contribution in [0.2, 0.25) is 5.02 Å². The van der Waals surface area contributed by atoms with Gasteiger partial charge in [0.25, 0.3) is 15.9 Å². The van der Waals surface area contributed by atoms with Crippen molar-refractivity contribution in [2.45, 2.75) is 29.7 Å². The molecule has 2 N–H and O–H groups in total. The van der Waals surface area contributed by atoms with Gasteiger partial charge in [-0.15, -0.1) is 0 Å². The Morgan fingerprint density at radius 1 is 1.35 bits per heavy atom. The summed E-state index contributed by atoms with van der Waals surface area (Å²) in [5.74, 6) is -2.74. The zero-order valence-electron chi connectivity index (χ0n) is 10.0. The van der Waals surface area contributed by atoms with E-state index in [2.05, 4.69) is 15.0 Å². The third kappa shape index (κ3) is 2.45. The Bertz CT molecular complexity index is 698. The summed E-state index contributed by atoms with van der Waals surface area (Å²) < 4.78 is 51.7. The van der Waals surface area contributed by atoms with Crippen LogP contribution in [-0.4, -0.2) is 26.3 Å². The summed E-state index contributed by atoms with van der Waals surface area (Å²) in [5, 5.41) is 3.05. The zero-order valence-corrected chi connectivity index (χ0v) is 11.6. The fourth-order valence-electron chi connectivity index (χ4n) is 2.12. The van der Waals surface area contributed by atoms with E-state index in [1.54, 1.807) is 0 Å². The van der Waals surface area contributed by atoms with E-state index in [1.807, 2.05) is 0 Å². The quantitative estimate of drug-likeness (QED) is 0.833. The van der Waals surface area contributed by atoms with Crippen LogP contribution in [0.25, 0.3) is 0 Å². The maximum absolute atomic E-state index is 12.7. The number of anilines is 1. The van der Waals surface area contributed by atoms with E-state index in [0.717, 1.165) is 0 Å². The molecule has 0 spiro atoms. The van der Waals surface area contributed by atoms with Crippen molar-refractivity contribution in [3.63, 3.8) is 0 Å². The van der Waals surface area contributed by atoms with Gasteiger partial charge in [-0.25, -0.2) is 26.9 Å². The molecule has 0 amide bonds. The van der Waals surface area contributed by atoms with E-state index in [4.69, 9.17) is 11.6 Å². The summed E-state index contributed by atoms with van der Waals surface area (Å²) in [6, 6.07) is 3.76. The lowest BCUT2D eigenvalue weighted by molar-refractivity contribution is -0.0834. The lowest BCUT2D eigenvalue weighted by Gasteiger charge is -2.33. The average molecular weight is 322 g/mol. The first-order chi connectivity index (χ1) is 9.25. The highest BCUT2D eigenvalue weighted by Gasteiger charge is 2.45. The van der Waals surface area contributed by atoms with Crippen LogP contribution in [0.15, 0.2) is 28.1 Å². The molecule has 1 aliphatic carbocycles. The molecule has 0 bridgehead atoms. The van der Waals surface area contributed by atoms with Crippen molar-refractivity contribution < 1.29 is 17.2 Å². The van der Waals surface area contributed by atoms with Gasteiger partial charge in [0.05, 0.1) is 11.7 Å². The first kappa shape index (κ1) is 13.6. The second-order valence-electron chi connectivity index (χ2n) is 4.77. The molecule has 1 aliphatic heterocycles. The predicted octanol–water partition coefficient (Wildman–Crippen LogP) is 2.20. The van der Waals surface area contributed by atoms with E-state index < -0.39 is 22.0 Å². The number of alkyl halides is 2. The predicted molar refractivity (Wildman–Crippen MR) is 70.8 cm³/mol. The number of benzene rings is 1. The van der Waals surface area contributed by atoms with Gasteiger partial charge in [0, 0.05) is 17.9 Å². The van der Waals surface area contributed by atoms with Crippen LogP contribution in [0.5, 0.6) is 0 Å². The third-order valence-corrected chi connectivity index (χ3v) is 4.71. The molecule has 1 heterocycles. The van der Waals surface area contributed by atoms with Gasteiger partial charge in [-0.1, -0.05) is 11.6 Å². The van der Waals surface area contributed by atoms with E-state index in [0.29, 0.717) is 5.69 Å². The molecule has 1 aromatic rings. The molecule has 0 saturated heterocycles. The smallest absolute Gasteiger partial charge is 0.266 e. The molecule has 0 aromatic heterocycles. The number of nitrogens with zero attached hydrogens (tertiary/aromatic N) is 1. The number of fused-ring (bicyclic) bond motifs is 1. The topological polar surface area (TPSA) is 70.6 Å². The Labute approximate surface area is 119 Å². The van der Waals surface area contributed by atoms with Gasteiger partial charge in [0.15, 0.2) is 0 Å². The van der Waals surface area contributed by atoms with Crippen LogP contribution in [0.4, 0.5) is 14.5 Å². The van der Waals surface area contributed by atoms with E-state index in [1.165, 1.54) is 18.2 Å². The first-order valence-electron chi connectivity index (χ1n) is 5.80. The van der Waals surface area contributed by atoms with Crippen molar-refractivity contribution in [1.82, 2.24) is 4.72 Å². The molecule has 5 nitrogen and oxygen atoms in total. The number of hydrogen-bond donors (Lipinski definition) is 2. The highest BCUT2D eigenvalue weighted by Crippen LogP contribution is 2.39. The van der Waals surface area contributed by atoms with Crippen LogP contribution >= 0.6 is 11.6 Å². The lowest BCUT2D eigenvalue weighted by atomic mass is 9.89. The molecule has 2 aliphatic rings. The molecule has 1 saturated carbocycles. The molecule has 0 atom stereocenters. The first-order valence-corrected chi connectivity index (χ1v) is 7.66. The standard InChI is InChI=1S/C11H10ClF2N3O2S/c12-6-1-2-8-9(3-6)20(18,19)17-10(16-8)15-7-4-11(13,14)5-7/h1-3,7H,4-5H2,(H2,15,16,17). The molecular weight excluding hydrogens is 312 g/mol. The normalized spacial score (nSPS) is 25.2. The van der Waals surface area contributed by atoms with Gasteiger partial charge < -0.3 is 5.32 Å². The van der Waals surface area contributed by atoms with Gasteiger partial charge in [0.1, 0.15) is 4.90 Å². The fraction of sp³-hybridized carbons (Fsp3) is 0.364. The average Bonchev–Trinajstić information content (AvgIpc) is 2.27.